The zero-order valence-corrected chi connectivity index (χ0v) is 10.5. The van der Waals surface area contributed by atoms with Gasteiger partial charge in [-0.25, -0.2) is 0 Å². The summed E-state index contributed by atoms with van der Waals surface area (Å²) in [6.07, 6.45) is 1.83. The molecule has 0 bridgehead atoms. The van der Waals surface area contributed by atoms with E-state index in [-0.39, 0.29) is 10.8 Å². The normalized spacial score (nSPS) is 12.9. The maximum Gasteiger partial charge on any atom is 0.150 e. The number of aromatic nitrogens is 2. The minimum absolute atomic E-state index is 0.00262. The van der Waals surface area contributed by atoms with Crippen molar-refractivity contribution in [2.45, 2.75) is 52.4 Å². The van der Waals surface area contributed by atoms with Crippen molar-refractivity contribution in [3.8, 4) is 0 Å². The molecule has 0 spiro atoms. The third-order valence-electron chi connectivity index (χ3n) is 2.44. The van der Waals surface area contributed by atoms with Gasteiger partial charge in [0.05, 0.1) is 6.20 Å². The Hall–Kier alpha value is -1.12. The highest BCUT2D eigenvalue weighted by molar-refractivity contribution is 5.49. The van der Waals surface area contributed by atoms with Crippen LogP contribution in [-0.4, -0.2) is 10.2 Å². The van der Waals surface area contributed by atoms with Crippen LogP contribution >= 0.6 is 0 Å². The van der Waals surface area contributed by atoms with Gasteiger partial charge in [0.15, 0.2) is 0 Å². The third kappa shape index (κ3) is 2.46. The van der Waals surface area contributed by atoms with E-state index >= 15 is 0 Å². The van der Waals surface area contributed by atoms with E-state index in [1.807, 2.05) is 6.20 Å². The van der Waals surface area contributed by atoms with Crippen LogP contribution in [-0.2, 0) is 10.8 Å². The molecule has 0 atom stereocenters. The van der Waals surface area contributed by atoms with E-state index in [0.717, 1.165) is 5.56 Å². The summed E-state index contributed by atoms with van der Waals surface area (Å²) in [6.45, 7) is 12.9. The minimum Gasteiger partial charge on any atom is -0.382 e. The lowest BCUT2D eigenvalue weighted by Crippen LogP contribution is -2.24. The van der Waals surface area contributed by atoms with E-state index in [9.17, 15) is 0 Å². The van der Waals surface area contributed by atoms with Crippen LogP contribution in [0.1, 0.15) is 52.7 Å². The van der Waals surface area contributed by atoms with Crippen LogP contribution in [0.4, 0.5) is 5.82 Å². The van der Waals surface area contributed by atoms with Crippen LogP contribution in [0.15, 0.2) is 6.20 Å². The number of rotatable bonds is 0. The predicted molar refractivity (Wildman–Crippen MR) is 63.8 cm³/mol. The number of hydrogen-bond acceptors (Lipinski definition) is 3. The van der Waals surface area contributed by atoms with Crippen molar-refractivity contribution < 1.29 is 0 Å². The molecular formula is C12H21N3. The fourth-order valence-electron chi connectivity index (χ4n) is 1.76. The topological polar surface area (TPSA) is 51.8 Å². The Morgan fingerprint density at radius 2 is 1.53 bits per heavy atom. The number of anilines is 1. The summed E-state index contributed by atoms with van der Waals surface area (Å²) in [5.41, 5.74) is 8.28. The van der Waals surface area contributed by atoms with Crippen LogP contribution < -0.4 is 5.73 Å². The fourth-order valence-corrected chi connectivity index (χ4v) is 1.76. The largest absolute Gasteiger partial charge is 0.382 e. The molecule has 3 heteroatoms. The number of nitrogens with zero attached hydrogens (tertiary/aromatic N) is 2. The van der Waals surface area contributed by atoms with Crippen molar-refractivity contribution in [3.05, 3.63) is 17.3 Å². The molecule has 0 amide bonds. The zero-order chi connectivity index (χ0) is 11.9. The monoisotopic (exact) mass is 207 g/mol. The standard InChI is InChI=1S/C12H21N3/c1-11(2,3)8-7-14-15-10(13)9(8)12(4,5)6/h7H,1-6H3,(H2,13,15). The summed E-state index contributed by atoms with van der Waals surface area (Å²) in [4.78, 5) is 0. The van der Waals surface area contributed by atoms with Gasteiger partial charge in [-0.15, -0.1) is 5.10 Å². The molecule has 0 aliphatic heterocycles. The van der Waals surface area contributed by atoms with E-state index in [1.165, 1.54) is 5.56 Å². The molecule has 0 saturated carbocycles. The third-order valence-corrected chi connectivity index (χ3v) is 2.44. The van der Waals surface area contributed by atoms with E-state index in [1.54, 1.807) is 0 Å². The van der Waals surface area contributed by atoms with Crippen molar-refractivity contribution in [1.82, 2.24) is 10.2 Å². The molecule has 3 nitrogen and oxygen atoms in total. The highest BCUT2D eigenvalue weighted by Gasteiger charge is 2.28. The Morgan fingerprint density at radius 3 is 1.87 bits per heavy atom. The smallest absolute Gasteiger partial charge is 0.150 e. The Kier molecular flexibility index (Phi) is 2.77. The van der Waals surface area contributed by atoms with Crippen LogP contribution in [0.2, 0.25) is 0 Å². The Morgan fingerprint density at radius 1 is 1.00 bits per heavy atom. The second kappa shape index (κ2) is 3.47. The van der Waals surface area contributed by atoms with Gasteiger partial charge in [0.2, 0.25) is 0 Å². The SMILES string of the molecule is CC(C)(C)c1cnnc(N)c1C(C)(C)C. The summed E-state index contributed by atoms with van der Waals surface area (Å²) in [5, 5.41) is 7.90. The molecule has 1 aromatic heterocycles. The molecule has 0 radical (unpaired) electrons. The molecule has 0 unspecified atom stereocenters. The lowest BCUT2D eigenvalue weighted by atomic mass is 9.76. The molecule has 84 valence electrons. The van der Waals surface area contributed by atoms with Crippen molar-refractivity contribution in [2.24, 2.45) is 0 Å². The number of hydrogen-bond donors (Lipinski definition) is 1. The zero-order valence-electron chi connectivity index (χ0n) is 10.5. The number of nitrogen functional groups attached to an aromatic ring is 1. The first-order valence-corrected chi connectivity index (χ1v) is 5.26. The molecule has 1 rings (SSSR count). The van der Waals surface area contributed by atoms with Crippen molar-refractivity contribution in [3.63, 3.8) is 0 Å². The van der Waals surface area contributed by atoms with Crippen molar-refractivity contribution in [1.29, 1.82) is 0 Å². The first-order chi connectivity index (χ1) is 6.64. The molecule has 15 heavy (non-hydrogen) atoms. The van der Waals surface area contributed by atoms with Crippen LogP contribution in [0.25, 0.3) is 0 Å². The Labute approximate surface area is 92.1 Å². The molecule has 1 heterocycles. The molecule has 0 saturated heterocycles. The molecule has 0 aliphatic rings. The Bertz CT molecular complexity index is 356. The van der Waals surface area contributed by atoms with Crippen molar-refractivity contribution >= 4 is 5.82 Å². The van der Waals surface area contributed by atoms with E-state index in [0.29, 0.717) is 5.82 Å². The minimum atomic E-state index is 0.00262. The van der Waals surface area contributed by atoms with Gasteiger partial charge in [-0.2, -0.15) is 5.10 Å². The second-order valence-electron chi connectivity index (χ2n) is 6.02. The first-order valence-electron chi connectivity index (χ1n) is 5.26. The van der Waals surface area contributed by atoms with Crippen LogP contribution in [0.5, 0.6) is 0 Å². The molecule has 2 N–H and O–H groups in total. The van der Waals surface area contributed by atoms with E-state index in [2.05, 4.69) is 51.7 Å². The van der Waals surface area contributed by atoms with Gasteiger partial charge in [-0.1, -0.05) is 41.5 Å². The van der Waals surface area contributed by atoms with E-state index < -0.39 is 0 Å². The molecule has 0 aliphatic carbocycles. The highest BCUT2D eigenvalue weighted by Crippen LogP contribution is 2.35. The van der Waals surface area contributed by atoms with Gasteiger partial charge in [0, 0.05) is 5.56 Å². The van der Waals surface area contributed by atoms with Crippen molar-refractivity contribution in [2.75, 3.05) is 5.73 Å². The first kappa shape index (κ1) is 12.0. The molecule has 1 aromatic rings. The number of nitrogens with two attached hydrogens (primary N) is 1. The summed E-state index contributed by atoms with van der Waals surface area (Å²) >= 11 is 0. The van der Waals surface area contributed by atoms with Gasteiger partial charge >= 0.3 is 0 Å². The highest BCUT2D eigenvalue weighted by atomic mass is 15.1. The van der Waals surface area contributed by atoms with Gasteiger partial charge in [-0.3, -0.25) is 0 Å². The molecular weight excluding hydrogens is 186 g/mol. The van der Waals surface area contributed by atoms with Gasteiger partial charge < -0.3 is 5.73 Å². The van der Waals surface area contributed by atoms with Gasteiger partial charge in [-0.05, 0) is 16.4 Å². The fraction of sp³-hybridized carbons (Fsp3) is 0.667. The van der Waals surface area contributed by atoms with Crippen LogP contribution in [0, 0.1) is 0 Å². The molecule has 0 aromatic carbocycles. The summed E-state index contributed by atoms with van der Waals surface area (Å²) in [6, 6.07) is 0. The van der Waals surface area contributed by atoms with Crippen LogP contribution in [0.3, 0.4) is 0 Å². The predicted octanol–water partition coefficient (Wildman–Crippen LogP) is 2.65. The maximum atomic E-state index is 5.93. The lowest BCUT2D eigenvalue weighted by Gasteiger charge is -2.29. The van der Waals surface area contributed by atoms with E-state index in [4.69, 9.17) is 5.73 Å². The Balaban J connectivity index is 3.48. The summed E-state index contributed by atoms with van der Waals surface area (Å²) in [5.74, 6) is 0.551. The lowest BCUT2D eigenvalue weighted by molar-refractivity contribution is 0.525. The van der Waals surface area contributed by atoms with Gasteiger partial charge in [0.1, 0.15) is 5.82 Å². The second-order valence-corrected chi connectivity index (χ2v) is 6.02. The average Bonchev–Trinajstić information content (AvgIpc) is 1.99. The average molecular weight is 207 g/mol. The molecule has 0 fully saturated rings. The summed E-state index contributed by atoms with van der Waals surface area (Å²) < 4.78 is 0. The summed E-state index contributed by atoms with van der Waals surface area (Å²) in [7, 11) is 0. The quantitative estimate of drug-likeness (QED) is 0.711. The maximum absolute atomic E-state index is 5.93. The van der Waals surface area contributed by atoms with Gasteiger partial charge in [0.25, 0.3) is 0 Å².